The number of rotatable bonds is 4. The number of aromatic carboxylic acids is 1. The van der Waals surface area contributed by atoms with Crippen LogP contribution in [0.25, 0.3) is 11.3 Å². The van der Waals surface area contributed by atoms with Crippen LogP contribution in [0, 0.1) is 5.82 Å². The van der Waals surface area contributed by atoms with Crippen LogP contribution in [0.5, 0.6) is 5.75 Å². The van der Waals surface area contributed by atoms with E-state index in [2.05, 4.69) is 10.2 Å². The number of carboxylic acids is 1. The lowest BCUT2D eigenvalue weighted by molar-refractivity contribution is 0.0689. The number of ether oxygens (including phenoxy) is 1. The molecule has 5 nitrogen and oxygen atoms in total. The number of carboxylic acid groups (broad SMARTS) is 1. The normalized spacial score (nSPS) is 10.2. The molecule has 1 aromatic heterocycles. The minimum atomic E-state index is -1.15. The number of aromatic nitrogens is 2. The Kier molecular flexibility index (Phi) is 3.70. The molecule has 0 radical (unpaired) electrons. The highest BCUT2D eigenvalue weighted by atomic mass is 19.1. The van der Waals surface area contributed by atoms with Gasteiger partial charge in [0.1, 0.15) is 11.6 Å². The van der Waals surface area contributed by atoms with Crippen molar-refractivity contribution in [3.05, 3.63) is 41.8 Å². The van der Waals surface area contributed by atoms with Crippen LogP contribution in [0.4, 0.5) is 4.39 Å². The Morgan fingerprint density at radius 3 is 2.68 bits per heavy atom. The van der Waals surface area contributed by atoms with Crippen molar-refractivity contribution in [3.63, 3.8) is 0 Å². The van der Waals surface area contributed by atoms with Crippen LogP contribution in [0.15, 0.2) is 30.3 Å². The van der Waals surface area contributed by atoms with E-state index in [0.29, 0.717) is 23.6 Å². The lowest BCUT2D eigenvalue weighted by Crippen LogP contribution is -2.03. The van der Waals surface area contributed by atoms with Crippen molar-refractivity contribution in [2.75, 3.05) is 6.61 Å². The first-order chi connectivity index (χ1) is 9.11. The number of halogens is 1. The summed E-state index contributed by atoms with van der Waals surface area (Å²) < 4.78 is 18.5. The average Bonchev–Trinajstić information content (AvgIpc) is 2.39. The van der Waals surface area contributed by atoms with Gasteiger partial charge in [0.25, 0.3) is 0 Å². The highest BCUT2D eigenvalue weighted by Crippen LogP contribution is 2.29. The summed E-state index contributed by atoms with van der Waals surface area (Å²) in [5, 5.41) is 16.1. The molecule has 6 heteroatoms. The second-order valence-corrected chi connectivity index (χ2v) is 3.68. The minimum absolute atomic E-state index is 0.149. The smallest absolute Gasteiger partial charge is 0.356 e. The molecule has 19 heavy (non-hydrogen) atoms. The van der Waals surface area contributed by atoms with Crippen molar-refractivity contribution in [2.45, 2.75) is 6.92 Å². The quantitative estimate of drug-likeness (QED) is 0.915. The van der Waals surface area contributed by atoms with Crippen LogP contribution < -0.4 is 4.74 Å². The van der Waals surface area contributed by atoms with Crippen molar-refractivity contribution in [3.8, 4) is 17.0 Å². The first kappa shape index (κ1) is 12.9. The van der Waals surface area contributed by atoms with Crippen molar-refractivity contribution in [1.29, 1.82) is 0 Å². The van der Waals surface area contributed by atoms with Gasteiger partial charge in [-0.2, -0.15) is 0 Å². The van der Waals surface area contributed by atoms with Crippen LogP contribution in [-0.4, -0.2) is 27.9 Å². The molecule has 0 spiro atoms. The van der Waals surface area contributed by atoms with Gasteiger partial charge in [0.05, 0.1) is 12.3 Å². The van der Waals surface area contributed by atoms with E-state index in [-0.39, 0.29) is 5.69 Å². The first-order valence-corrected chi connectivity index (χ1v) is 5.61. The Hall–Kier alpha value is -2.50. The molecular formula is C13H11FN2O3. The SMILES string of the molecule is CCOc1cc(F)ccc1-c1ccc(C(=O)O)nn1. The zero-order valence-corrected chi connectivity index (χ0v) is 10.1. The minimum Gasteiger partial charge on any atom is -0.493 e. The summed E-state index contributed by atoms with van der Waals surface area (Å²) in [6, 6.07) is 6.90. The molecule has 0 saturated heterocycles. The summed E-state index contributed by atoms with van der Waals surface area (Å²) in [7, 11) is 0. The van der Waals surface area contributed by atoms with Gasteiger partial charge in [-0.15, -0.1) is 10.2 Å². The molecule has 0 unspecified atom stereocenters. The predicted octanol–water partition coefficient (Wildman–Crippen LogP) is 2.38. The summed E-state index contributed by atoms with van der Waals surface area (Å²) in [4.78, 5) is 10.7. The fraction of sp³-hybridized carbons (Fsp3) is 0.154. The number of hydrogen-bond donors (Lipinski definition) is 1. The van der Waals surface area contributed by atoms with Crippen LogP contribution in [0.3, 0.4) is 0 Å². The van der Waals surface area contributed by atoms with Gasteiger partial charge in [0, 0.05) is 11.6 Å². The van der Waals surface area contributed by atoms with E-state index < -0.39 is 11.8 Å². The Labute approximate surface area is 108 Å². The van der Waals surface area contributed by atoms with Gasteiger partial charge < -0.3 is 9.84 Å². The fourth-order valence-electron chi connectivity index (χ4n) is 1.57. The van der Waals surface area contributed by atoms with Crippen LogP contribution in [0.2, 0.25) is 0 Å². The molecule has 0 amide bonds. The maximum absolute atomic E-state index is 13.2. The number of nitrogens with zero attached hydrogens (tertiary/aromatic N) is 2. The molecule has 0 aliphatic rings. The molecule has 1 N–H and O–H groups in total. The van der Waals surface area contributed by atoms with E-state index in [1.807, 2.05) is 0 Å². The van der Waals surface area contributed by atoms with Gasteiger partial charge in [-0.05, 0) is 31.2 Å². The summed E-state index contributed by atoms with van der Waals surface area (Å²) in [6.07, 6.45) is 0. The standard InChI is InChI=1S/C13H11FN2O3/c1-2-19-12-7-8(14)3-4-9(12)10-5-6-11(13(17)18)16-15-10/h3-7H,2H2,1H3,(H,17,18). The highest BCUT2D eigenvalue weighted by Gasteiger charge is 2.11. The van der Waals surface area contributed by atoms with E-state index in [1.165, 1.54) is 30.3 Å². The molecule has 0 aliphatic carbocycles. The molecule has 2 rings (SSSR count). The van der Waals surface area contributed by atoms with Gasteiger partial charge in [0.15, 0.2) is 5.69 Å². The van der Waals surface area contributed by atoms with Gasteiger partial charge >= 0.3 is 5.97 Å². The Balaban J connectivity index is 2.43. The van der Waals surface area contributed by atoms with Gasteiger partial charge in [0.2, 0.25) is 0 Å². The molecule has 2 aromatic rings. The van der Waals surface area contributed by atoms with Gasteiger partial charge in [-0.3, -0.25) is 0 Å². The third-order valence-corrected chi connectivity index (χ3v) is 2.40. The van der Waals surface area contributed by atoms with E-state index >= 15 is 0 Å². The highest BCUT2D eigenvalue weighted by molar-refractivity contribution is 5.85. The second kappa shape index (κ2) is 5.43. The molecule has 1 heterocycles. The summed E-state index contributed by atoms with van der Waals surface area (Å²) in [5.74, 6) is -1.22. The number of benzene rings is 1. The van der Waals surface area contributed by atoms with Crippen molar-refractivity contribution >= 4 is 5.97 Å². The first-order valence-electron chi connectivity index (χ1n) is 5.61. The number of hydrogen-bond acceptors (Lipinski definition) is 4. The molecule has 0 atom stereocenters. The molecule has 0 fully saturated rings. The maximum atomic E-state index is 13.2. The molecular weight excluding hydrogens is 251 g/mol. The number of carbonyl (C=O) groups is 1. The van der Waals surface area contributed by atoms with E-state index in [0.717, 1.165) is 0 Å². The topological polar surface area (TPSA) is 72.3 Å². The third kappa shape index (κ3) is 2.85. The molecule has 0 aliphatic heterocycles. The van der Waals surface area contributed by atoms with E-state index in [4.69, 9.17) is 9.84 Å². The Morgan fingerprint density at radius 1 is 1.32 bits per heavy atom. The molecule has 1 aromatic carbocycles. The monoisotopic (exact) mass is 262 g/mol. The van der Waals surface area contributed by atoms with E-state index in [9.17, 15) is 9.18 Å². The predicted molar refractivity (Wildman–Crippen MR) is 65.6 cm³/mol. The lowest BCUT2D eigenvalue weighted by atomic mass is 10.1. The van der Waals surface area contributed by atoms with Gasteiger partial charge in [-0.1, -0.05) is 0 Å². The van der Waals surface area contributed by atoms with Crippen LogP contribution in [0.1, 0.15) is 17.4 Å². The summed E-state index contributed by atoms with van der Waals surface area (Å²) in [6.45, 7) is 2.17. The maximum Gasteiger partial charge on any atom is 0.356 e. The Morgan fingerprint density at radius 2 is 2.11 bits per heavy atom. The van der Waals surface area contributed by atoms with Crippen molar-refractivity contribution < 1.29 is 19.0 Å². The molecule has 0 saturated carbocycles. The van der Waals surface area contributed by atoms with Crippen LogP contribution >= 0.6 is 0 Å². The fourth-order valence-corrected chi connectivity index (χ4v) is 1.57. The lowest BCUT2D eigenvalue weighted by Gasteiger charge is -2.09. The van der Waals surface area contributed by atoms with E-state index in [1.54, 1.807) is 6.92 Å². The zero-order chi connectivity index (χ0) is 13.8. The van der Waals surface area contributed by atoms with Crippen molar-refractivity contribution in [2.24, 2.45) is 0 Å². The van der Waals surface area contributed by atoms with Crippen molar-refractivity contribution in [1.82, 2.24) is 10.2 Å². The second-order valence-electron chi connectivity index (χ2n) is 3.68. The third-order valence-electron chi connectivity index (χ3n) is 2.40. The zero-order valence-electron chi connectivity index (χ0n) is 10.1. The Bertz CT molecular complexity index is 599. The molecule has 0 bridgehead atoms. The summed E-state index contributed by atoms with van der Waals surface area (Å²) >= 11 is 0. The largest absolute Gasteiger partial charge is 0.493 e. The summed E-state index contributed by atoms with van der Waals surface area (Å²) in [5.41, 5.74) is 0.838. The van der Waals surface area contributed by atoms with Crippen LogP contribution in [-0.2, 0) is 0 Å². The average molecular weight is 262 g/mol. The molecule has 98 valence electrons. The van der Waals surface area contributed by atoms with Gasteiger partial charge in [-0.25, -0.2) is 9.18 Å².